The summed E-state index contributed by atoms with van der Waals surface area (Å²) in [6.45, 7) is 3.12. The number of rotatable bonds is 4. The second-order valence-electron chi connectivity index (χ2n) is 6.97. The van der Waals surface area contributed by atoms with E-state index >= 15 is 0 Å². The number of benzene rings is 1. The molecule has 1 saturated heterocycles. The molecule has 1 aromatic carbocycles. The maximum Gasteiger partial charge on any atom is 0.239 e. The van der Waals surface area contributed by atoms with Crippen molar-refractivity contribution in [2.24, 2.45) is 0 Å². The zero-order chi connectivity index (χ0) is 18.0. The molecule has 0 unspecified atom stereocenters. The van der Waals surface area contributed by atoms with Gasteiger partial charge in [-0.25, -0.2) is 0 Å². The van der Waals surface area contributed by atoms with Crippen LogP contribution < -0.4 is 10.2 Å². The summed E-state index contributed by atoms with van der Waals surface area (Å²) in [6.07, 6.45) is 2.61. The molecule has 0 aromatic heterocycles. The first-order chi connectivity index (χ1) is 12.0. The lowest BCUT2D eigenvalue weighted by atomic mass is 9.75. The maximum atomic E-state index is 13.0. The number of likely N-dealkylation sites (N-methyl/N-ethyl adjacent to an activating group) is 1. The number of hydrogen-bond acceptors (Lipinski definition) is 3. The molecule has 0 bridgehead atoms. The Morgan fingerprint density at radius 2 is 2.04 bits per heavy atom. The lowest BCUT2D eigenvalue weighted by Crippen LogP contribution is -2.53. The van der Waals surface area contributed by atoms with Crippen LogP contribution in [0.25, 0.3) is 0 Å². The smallest absolute Gasteiger partial charge is 0.239 e. The summed E-state index contributed by atoms with van der Waals surface area (Å²) in [7, 11) is 1.81. The third kappa shape index (κ3) is 3.13. The van der Waals surface area contributed by atoms with Crippen molar-refractivity contribution in [3.63, 3.8) is 0 Å². The number of carbonyl (C=O) groups excluding carboxylic acids is 3. The van der Waals surface area contributed by atoms with E-state index in [1.165, 1.54) is 6.92 Å². The number of anilines is 1. The number of nitrogens with one attached hydrogen (secondary N) is 1. The predicted octanol–water partition coefficient (Wildman–Crippen LogP) is 1.44. The van der Waals surface area contributed by atoms with Crippen LogP contribution in [0.1, 0.15) is 38.2 Å². The second-order valence-corrected chi connectivity index (χ2v) is 6.97. The Morgan fingerprint density at radius 1 is 1.28 bits per heavy atom. The molecule has 0 radical (unpaired) electrons. The first-order valence-corrected chi connectivity index (χ1v) is 8.85. The van der Waals surface area contributed by atoms with Gasteiger partial charge in [0.1, 0.15) is 0 Å². The van der Waals surface area contributed by atoms with Gasteiger partial charge in [-0.2, -0.15) is 0 Å². The van der Waals surface area contributed by atoms with Crippen LogP contribution in [0.5, 0.6) is 0 Å². The van der Waals surface area contributed by atoms with Crippen molar-refractivity contribution < 1.29 is 14.4 Å². The molecule has 0 aliphatic carbocycles. The van der Waals surface area contributed by atoms with Crippen molar-refractivity contribution in [3.05, 3.63) is 29.8 Å². The normalized spacial score (nSPS) is 22.2. The average molecular weight is 343 g/mol. The SMILES string of the molecule is CC(=O)NCCCC(=O)N1CCC[C@]2(C1)C(=O)N(C)c1ccccc12. The number of para-hydroxylation sites is 1. The lowest BCUT2D eigenvalue weighted by Gasteiger charge is -2.39. The number of likely N-dealkylation sites (tertiary alicyclic amines) is 1. The molecule has 1 atom stereocenters. The van der Waals surface area contributed by atoms with Gasteiger partial charge in [0.05, 0.1) is 5.41 Å². The zero-order valence-electron chi connectivity index (χ0n) is 14.9. The van der Waals surface area contributed by atoms with Crippen LogP contribution in [0.3, 0.4) is 0 Å². The van der Waals surface area contributed by atoms with E-state index < -0.39 is 5.41 Å². The van der Waals surface area contributed by atoms with Crippen LogP contribution in [-0.4, -0.2) is 49.3 Å². The minimum absolute atomic E-state index is 0.0595. The molecule has 3 rings (SSSR count). The molecule has 2 aliphatic rings. The van der Waals surface area contributed by atoms with Crippen LogP contribution in [0.4, 0.5) is 5.69 Å². The second kappa shape index (κ2) is 6.86. The molecular formula is C19H25N3O3. The Hall–Kier alpha value is -2.37. The van der Waals surface area contributed by atoms with Crippen molar-refractivity contribution in [2.75, 3.05) is 31.6 Å². The molecule has 134 valence electrons. The number of nitrogens with zero attached hydrogens (tertiary/aromatic N) is 2. The van der Waals surface area contributed by atoms with Gasteiger partial charge in [0.2, 0.25) is 17.7 Å². The van der Waals surface area contributed by atoms with Gasteiger partial charge in [0, 0.05) is 45.7 Å². The molecule has 3 amide bonds. The van der Waals surface area contributed by atoms with Crippen LogP contribution in [-0.2, 0) is 19.8 Å². The molecule has 1 aromatic rings. The van der Waals surface area contributed by atoms with Gasteiger partial charge in [-0.15, -0.1) is 0 Å². The highest BCUT2D eigenvalue weighted by molar-refractivity contribution is 6.08. The van der Waals surface area contributed by atoms with E-state index in [1.54, 1.807) is 4.90 Å². The van der Waals surface area contributed by atoms with E-state index in [0.717, 1.165) is 24.1 Å². The van der Waals surface area contributed by atoms with Gasteiger partial charge in [-0.05, 0) is 30.9 Å². The van der Waals surface area contributed by atoms with E-state index in [9.17, 15) is 14.4 Å². The van der Waals surface area contributed by atoms with E-state index in [-0.39, 0.29) is 17.7 Å². The zero-order valence-corrected chi connectivity index (χ0v) is 14.9. The molecule has 2 heterocycles. The number of amides is 3. The van der Waals surface area contributed by atoms with E-state index in [0.29, 0.717) is 32.5 Å². The van der Waals surface area contributed by atoms with Crippen molar-refractivity contribution >= 4 is 23.4 Å². The third-order valence-electron chi connectivity index (χ3n) is 5.28. The van der Waals surface area contributed by atoms with E-state index in [2.05, 4.69) is 5.32 Å². The Kier molecular flexibility index (Phi) is 4.79. The fraction of sp³-hybridized carbons (Fsp3) is 0.526. The van der Waals surface area contributed by atoms with Gasteiger partial charge in [0.25, 0.3) is 0 Å². The average Bonchev–Trinajstić information content (AvgIpc) is 2.81. The van der Waals surface area contributed by atoms with Crippen LogP contribution in [0.2, 0.25) is 0 Å². The fourth-order valence-corrected chi connectivity index (χ4v) is 4.04. The minimum atomic E-state index is -0.600. The summed E-state index contributed by atoms with van der Waals surface area (Å²) in [5.41, 5.74) is 1.39. The lowest BCUT2D eigenvalue weighted by molar-refractivity contribution is -0.136. The fourth-order valence-electron chi connectivity index (χ4n) is 4.04. The molecule has 1 spiro atoms. The summed E-state index contributed by atoms with van der Waals surface area (Å²) in [4.78, 5) is 40.0. The van der Waals surface area contributed by atoms with Crippen LogP contribution in [0, 0.1) is 0 Å². The molecule has 6 heteroatoms. The molecule has 2 aliphatic heterocycles. The van der Waals surface area contributed by atoms with Crippen molar-refractivity contribution in [1.82, 2.24) is 10.2 Å². The highest BCUT2D eigenvalue weighted by atomic mass is 16.2. The molecule has 6 nitrogen and oxygen atoms in total. The minimum Gasteiger partial charge on any atom is -0.356 e. The van der Waals surface area contributed by atoms with Gasteiger partial charge >= 0.3 is 0 Å². The summed E-state index contributed by atoms with van der Waals surface area (Å²) < 4.78 is 0. The summed E-state index contributed by atoms with van der Waals surface area (Å²) in [6, 6.07) is 7.88. The highest BCUT2D eigenvalue weighted by Gasteiger charge is 2.52. The third-order valence-corrected chi connectivity index (χ3v) is 5.28. The Balaban J connectivity index is 1.72. The summed E-state index contributed by atoms with van der Waals surface area (Å²) >= 11 is 0. The maximum absolute atomic E-state index is 13.0. The van der Waals surface area contributed by atoms with Crippen molar-refractivity contribution in [2.45, 2.75) is 38.0 Å². The first kappa shape index (κ1) is 17.5. The topological polar surface area (TPSA) is 69.7 Å². The summed E-state index contributed by atoms with van der Waals surface area (Å²) in [5.74, 6) is 0.0641. The van der Waals surface area contributed by atoms with Gasteiger partial charge in [0.15, 0.2) is 0 Å². The van der Waals surface area contributed by atoms with Gasteiger partial charge in [-0.3, -0.25) is 14.4 Å². The van der Waals surface area contributed by atoms with Crippen LogP contribution >= 0.6 is 0 Å². The molecule has 0 saturated carbocycles. The number of piperidine rings is 1. The number of fused-ring (bicyclic) bond motifs is 2. The van der Waals surface area contributed by atoms with Gasteiger partial charge in [-0.1, -0.05) is 18.2 Å². The van der Waals surface area contributed by atoms with Gasteiger partial charge < -0.3 is 15.1 Å². The molecule has 1 fully saturated rings. The van der Waals surface area contributed by atoms with Crippen LogP contribution in [0.15, 0.2) is 24.3 Å². The first-order valence-electron chi connectivity index (χ1n) is 8.85. The predicted molar refractivity (Wildman–Crippen MR) is 95.3 cm³/mol. The molecule has 1 N–H and O–H groups in total. The quantitative estimate of drug-likeness (QED) is 0.841. The van der Waals surface area contributed by atoms with E-state index in [4.69, 9.17) is 0 Å². The monoisotopic (exact) mass is 343 g/mol. The summed E-state index contributed by atoms with van der Waals surface area (Å²) in [5, 5.41) is 2.71. The largest absolute Gasteiger partial charge is 0.356 e. The standard InChI is InChI=1S/C19H25N3O3/c1-14(23)20-11-5-9-17(24)22-12-6-10-19(13-22)15-7-3-4-8-16(15)21(2)18(19)25/h3-4,7-8H,5-6,9-13H2,1-2H3,(H,20,23)/t19-/m1/s1. The Labute approximate surface area is 148 Å². The number of carbonyl (C=O) groups is 3. The van der Waals surface area contributed by atoms with E-state index in [1.807, 2.05) is 36.2 Å². The molecular weight excluding hydrogens is 318 g/mol. The Bertz CT molecular complexity index is 703. The van der Waals surface area contributed by atoms with Crippen molar-refractivity contribution in [3.8, 4) is 0 Å². The van der Waals surface area contributed by atoms with Crippen molar-refractivity contribution in [1.29, 1.82) is 0 Å². The Morgan fingerprint density at radius 3 is 2.80 bits per heavy atom. The highest BCUT2D eigenvalue weighted by Crippen LogP contribution is 2.46. The molecule has 25 heavy (non-hydrogen) atoms. The number of hydrogen-bond donors (Lipinski definition) is 1.